The Balaban J connectivity index is 1.76. The van der Waals surface area contributed by atoms with Gasteiger partial charge in [-0.25, -0.2) is 8.42 Å². The van der Waals surface area contributed by atoms with Gasteiger partial charge in [-0.3, -0.25) is 9.59 Å². The average Bonchev–Trinajstić information content (AvgIpc) is 3.20. The summed E-state index contributed by atoms with van der Waals surface area (Å²) in [4.78, 5) is 28.1. The molecule has 0 bridgehead atoms. The lowest BCUT2D eigenvalue weighted by Gasteiger charge is -2.30. The van der Waals surface area contributed by atoms with Gasteiger partial charge in [-0.05, 0) is 36.2 Å². The van der Waals surface area contributed by atoms with Gasteiger partial charge in [0.05, 0.1) is 28.5 Å². The highest BCUT2D eigenvalue weighted by Crippen LogP contribution is 2.41. The highest BCUT2D eigenvalue weighted by molar-refractivity contribution is 7.91. The van der Waals surface area contributed by atoms with Crippen LogP contribution in [0.3, 0.4) is 0 Å². The van der Waals surface area contributed by atoms with Gasteiger partial charge >= 0.3 is 0 Å². The summed E-state index contributed by atoms with van der Waals surface area (Å²) < 4.78 is 30.0. The van der Waals surface area contributed by atoms with Crippen LogP contribution in [0.15, 0.2) is 57.7 Å². The van der Waals surface area contributed by atoms with Crippen LogP contribution in [0.5, 0.6) is 0 Å². The molecule has 1 amide bonds. The molecule has 6 nitrogen and oxygen atoms in total. The highest BCUT2D eigenvalue weighted by atomic mass is 35.5. The Bertz CT molecular complexity index is 1310. The first-order valence-corrected chi connectivity index (χ1v) is 11.4. The number of halogens is 1. The van der Waals surface area contributed by atoms with Crippen LogP contribution in [0.25, 0.3) is 11.0 Å². The van der Waals surface area contributed by atoms with Crippen LogP contribution in [0, 0.1) is 0 Å². The monoisotopic (exact) mass is 429 g/mol. The third-order valence-corrected chi connectivity index (χ3v) is 7.60. The third-order valence-electron chi connectivity index (χ3n) is 5.60. The van der Waals surface area contributed by atoms with Crippen molar-refractivity contribution in [3.63, 3.8) is 0 Å². The van der Waals surface area contributed by atoms with Gasteiger partial charge in [-0.1, -0.05) is 35.9 Å². The Labute approximate surface area is 171 Å². The average molecular weight is 430 g/mol. The molecule has 0 N–H and O–H groups in total. The zero-order valence-electron chi connectivity index (χ0n) is 15.2. The summed E-state index contributed by atoms with van der Waals surface area (Å²) in [7, 11) is -3.23. The Kier molecular flexibility index (Phi) is 4.08. The predicted octanol–water partition coefficient (Wildman–Crippen LogP) is 3.18. The van der Waals surface area contributed by atoms with Crippen LogP contribution < -0.4 is 5.43 Å². The molecule has 0 aliphatic carbocycles. The van der Waals surface area contributed by atoms with E-state index in [1.54, 1.807) is 48.5 Å². The summed E-state index contributed by atoms with van der Waals surface area (Å²) in [5.74, 6) is -0.568. The summed E-state index contributed by atoms with van der Waals surface area (Å²) >= 11 is 6.02. The predicted molar refractivity (Wildman–Crippen MR) is 109 cm³/mol. The van der Waals surface area contributed by atoms with Gasteiger partial charge < -0.3 is 9.32 Å². The molecule has 3 heterocycles. The Morgan fingerprint density at radius 1 is 1.03 bits per heavy atom. The minimum Gasteiger partial charge on any atom is -0.450 e. The zero-order chi connectivity index (χ0) is 20.3. The number of rotatable bonds is 2. The van der Waals surface area contributed by atoms with Crippen molar-refractivity contribution in [1.29, 1.82) is 0 Å². The van der Waals surface area contributed by atoms with Crippen LogP contribution in [0.4, 0.5) is 0 Å². The largest absolute Gasteiger partial charge is 0.450 e. The van der Waals surface area contributed by atoms with Gasteiger partial charge in [0, 0.05) is 11.1 Å². The molecule has 3 aromatic rings. The van der Waals surface area contributed by atoms with E-state index in [1.807, 2.05) is 0 Å². The number of amides is 1. The number of carbonyl (C=O) groups excluding carboxylic acids is 1. The number of benzene rings is 2. The number of hydrogen-bond acceptors (Lipinski definition) is 5. The fourth-order valence-corrected chi connectivity index (χ4v) is 6.12. The second-order valence-corrected chi connectivity index (χ2v) is 10.1. The highest BCUT2D eigenvalue weighted by Gasteiger charge is 2.48. The van der Waals surface area contributed by atoms with E-state index in [2.05, 4.69) is 0 Å². The van der Waals surface area contributed by atoms with Crippen LogP contribution in [0.1, 0.15) is 34.1 Å². The van der Waals surface area contributed by atoms with Gasteiger partial charge in [-0.2, -0.15) is 0 Å². The van der Waals surface area contributed by atoms with E-state index >= 15 is 0 Å². The minimum absolute atomic E-state index is 0.0158. The quantitative estimate of drug-likeness (QED) is 0.624. The molecule has 2 aromatic carbocycles. The minimum atomic E-state index is -3.23. The van der Waals surface area contributed by atoms with E-state index in [0.717, 1.165) is 0 Å². The molecule has 2 aliphatic rings. The van der Waals surface area contributed by atoms with Crippen molar-refractivity contribution < 1.29 is 17.6 Å². The molecule has 1 saturated heterocycles. The smallest absolute Gasteiger partial charge is 0.291 e. The molecule has 0 unspecified atom stereocenters. The molecule has 0 radical (unpaired) electrons. The topological polar surface area (TPSA) is 84.7 Å². The number of hydrogen-bond donors (Lipinski definition) is 0. The summed E-state index contributed by atoms with van der Waals surface area (Å²) in [6, 6.07) is 12.4. The second kappa shape index (κ2) is 6.43. The first-order chi connectivity index (χ1) is 13.9. The molecule has 0 spiro atoms. The molecule has 29 heavy (non-hydrogen) atoms. The molecule has 1 aromatic heterocycles. The molecular weight excluding hydrogens is 414 g/mol. The third kappa shape index (κ3) is 2.88. The fraction of sp³-hybridized carbons (Fsp3) is 0.238. The van der Waals surface area contributed by atoms with Crippen LogP contribution in [0.2, 0.25) is 5.02 Å². The number of carbonyl (C=O) groups is 1. The van der Waals surface area contributed by atoms with E-state index in [9.17, 15) is 18.0 Å². The maximum Gasteiger partial charge on any atom is 0.291 e. The normalized spacial score (nSPS) is 22.9. The fourth-order valence-electron chi connectivity index (χ4n) is 4.28. The summed E-state index contributed by atoms with van der Waals surface area (Å²) in [5, 5.41) is 0.915. The van der Waals surface area contributed by atoms with Crippen molar-refractivity contribution in [1.82, 2.24) is 4.90 Å². The number of nitrogens with zero attached hydrogens (tertiary/aromatic N) is 1. The molecule has 2 atom stereocenters. The van der Waals surface area contributed by atoms with E-state index in [1.165, 1.54) is 4.90 Å². The van der Waals surface area contributed by atoms with Gasteiger partial charge in [0.1, 0.15) is 5.58 Å². The number of fused-ring (bicyclic) bond motifs is 2. The number of para-hydroxylation sites is 1. The van der Waals surface area contributed by atoms with Crippen molar-refractivity contribution in [3.8, 4) is 0 Å². The van der Waals surface area contributed by atoms with E-state index in [4.69, 9.17) is 16.0 Å². The molecule has 5 rings (SSSR count). The van der Waals surface area contributed by atoms with E-state index in [0.29, 0.717) is 28.0 Å². The second-order valence-electron chi connectivity index (χ2n) is 7.39. The Morgan fingerprint density at radius 2 is 1.76 bits per heavy atom. The standard InChI is InChI=1S/C21H16ClNO5S/c22-13-7-5-12(6-8-13)18-17-19(24)15-3-1-2-4-16(15)28-20(17)21(25)23(18)14-9-10-29(26,27)11-14/h1-8,14,18H,9-11H2/t14-,18+/m0/s1. The molecule has 2 aliphatic heterocycles. The lowest BCUT2D eigenvalue weighted by molar-refractivity contribution is 0.0662. The summed E-state index contributed by atoms with van der Waals surface area (Å²) in [6.07, 6.45) is 0.333. The van der Waals surface area contributed by atoms with Gasteiger partial charge in [0.15, 0.2) is 15.3 Å². The van der Waals surface area contributed by atoms with Crippen LogP contribution >= 0.6 is 11.6 Å². The molecule has 8 heteroatoms. The van der Waals surface area contributed by atoms with Crippen molar-refractivity contribution in [2.24, 2.45) is 0 Å². The Hall–Kier alpha value is -2.64. The maximum atomic E-state index is 13.3. The van der Waals surface area contributed by atoms with Gasteiger partial charge in [0.2, 0.25) is 5.76 Å². The van der Waals surface area contributed by atoms with E-state index in [-0.39, 0.29) is 28.3 Å². The van der Waals surface area contributed by atoms with Gasteiger partial charge in [-0.15, -0.1) is 0 Å². The molecule has 148 valence electrons. The van der Waals surface area contributed by atoms with E-state index < -0.39 is 27.8 Å². The van der Waals surface area contributed by atoms with Crippen molar-refractivity contribution in [3.05, 3.63) is 80.7 Å². The number of sulfone groups is 1. The van der Waals surface area contributed by atoms with Gasteiger partial charge in [0.25, 0.3) is 5.91 Å². The van der Waals surface area contributed by atoms with Crippen LogP contribution in [-0.2, 0) is 9.84 Å². The molecular formula is C21H16ClNO5S. The summed E-state index contributed by atoms with van der Waals surface area (Å²) in [5.41, 5.74) is 0.993. The van der Waals surface area contributed by atoms with Crippen molar-refractivity contribution in [2.75, 3.05) is 11.5 Å². The first-order valence-electron chi connectivity index (χ1n) is 9.20. The summed E-state index contributed by atoms with van der Waals surface area (Å²) in [6.45, 7) is 0. The Morgan fingerprint density at radius 3 is 2.45 bits per heavy atom. The van der Waals surface area contributed by atoms with Crippen molar-refractivity contribution >= 4 is 38.3 Å². The first kappa shape index (κ1) is 18.4. The lowest BCUT2D eigenvalue weighted by Crippen LogP contribution is -2.40. The lowest BCUT2D eigenvalue weighted by atomic mass is 9.97. The SMILES string of the molecule is O=C1c2oc3ccccc3c(=O)c2[C@@H](c2ccc(Cl)cc2)N1[C@H]1CCS(=O)(=O)C1. The zero-order valence-corrected chi connectivity index (χ0v) is 16.7. The maximum absolute atomic E-state index is 13.3. The molecule has 1 fully saturated rings. The van der Waals surface area contributed by atoms with Crippen LogP contribution in [-0.4, -0.2) is 36.8 Å². The van der Waals surface area contributed by atoms with Crippen molar-refractivity contribution in [2.45, 2.75) is 18.5 Å². The molecule has 0 saturated carbocycles.